The van der Waals surface area contributed by atoms with Gasteiger partial charge in [-0.15, -0.1) is 0 Å². The molecule has 0 fully saturated rings. The van der Waals surface area contributed by atoms with E-state index in [-0.39, 0.29) is 12.1 Å². The third kappa shape index (κ3) is 5.53. The van der Waals surface area contributed by atoms with Crippen molar-refractivity contribution in [2.45, 2.75) is 33.3 Å². The van der Waals surface area contributed by atoms with Crippen LogP contribution >= 0.6 is 0 Å². The van der Waals surface area contributed by atoms with Crippen molar-refractivity contribution < 1.29 is 19.2 Å². The van der Waals surface area contributed by atoms with Gasteiger partial charge in [-0.2, -0.15) is 0 Å². The average molecular weight is 371 g/mol. The molecule has 0 saturated heterocycles. The first-order valence-electron chi connectivity index (χ1n) is 8.33. The predicted octanol–water partition coefficient (Wildman–Crippen LogP) is 2.37. The molecule has 0 saturated carbocycles. The number of nitrogens with zero attached hydrogens (tertiary/aromatic N) is 1. The number of benzene rings is 2. The molecular formula is C19H21N3O5. The van der Waals surface area contributed by atoms with Crippen molar-refractivity contribution >= 4 is 17.5 Å². The van der Waals surface area contributed by atoms with Crippen molar-refractivity contribution in [3.05, 3.63) is 69.3 Å². The molecule has 0 bridgehead atoms. The zero-order valence-corrected chi connectivity index (χ0v) is 15.3. The molecule has 0 aliphatic carbocycles. The summed E-state index contributed by atoms with van der Waals surface area (Å²) < 4.78 is 5.65. The molecule has 0 aliphatic rings. The SMILES string of the molecule is Cc1cccc(OC(C)C(=O)NNC(=O)Cc2ccc([N+](=O)[O-])cc2)c1C. The summed E-state index contributed by atoms with van der Waals surface area (Å²) >= 11 is 0. The first-order chi connectivity index (χ1) is 12.8. The van der Waals surface area contributed by atoms with Gasteiger partial charge in [-0.3, -0.25) is 30.6 Å². The van der Waals surface area contributed by atoms with Gasteiger partial charge in [0.15, 0.2) is 6.10 Å². The molecule has 0 radical (unpaired) electrons. The largest absolute Gasteiger partial charge is 0.481 e. The number of nitrogens with one attached hydrogen (secondary N) is 2. The number of hydrogen-bond donors (Lipinski definition) is 2. The van der Waals surface area contributed by atoms with Crippen molar-refractivity contribution in [3.63, 3.8) is 0 Å². The van der Waals surface area contributed by atoms with E-state index in [2.05, 4.69) is 10.9 Å². The van der Waals surface area contributed by atoms with Crippen molar-refractivity contribution in [2.24, 2.45) is 0 Å². The molecule has 27 heavy (non-hydrogen) atoms. The van der Waals surface area contributed by atoms with Crippen molar-refractivity contribution in [2.75, 3.05) is 0 Å². The third-order valence-electron chi connectivity index (χ3n) is 4.06. The van der Waals surface area contributed by atoms with E-state index in [1.54, 1.807) is 13.0 Å². The highest BCUT2D eigenvalue weighted by atomic mass is 16.6. The van der Waals surface area contributed by atoms with Gasteiger partial charge in [-0.25, -0.2) is 0 Å². The smallest absolute Gasteiger partial charge is 0.279 e. The molecule has 0 heterocycles. The molecule has 2 amide bonds. The van der Waals surface area contributed by atoms with Crippen LogP contribution in [-0.4, -0.2) is 22.8 Å². The maximum Gasteiger partial charge on any atom is 0.279 e. The Morgan fingerprint density at radius 3 is 2.41 bits per heavy atom. The van der Waals surface area contributed by atoms with Crippen LogP contribution in [0.2, 0.25) is 0 Å². The Kier molecular flexibility index (Phi) is 6.48. The highest BCUT2D eigenvalue weighted by molar-refractivity contribution is 5.85. The second-order valence-electron chi connectivity index (χ2n) is 6.10. The molecule has 1 unspecified atom stereocenters. The Labute approximate surface area is 156 Å². The summed E-state index contributed by atoms with van der Waals surface area (Å²) in [7, 11) is 0. The number of aryl methyl sites for hydroxylation is 1. The lowest BCUT2D eigenvalue weighted by atomic mass is 10.1. The van der Waals surface area contributed by atoms with Crippen LogP contribution in [-0.2, 0) is 16.0 Å². The molecule has 2 N–H and O–H groups in total. The monoisotopic (exact) mass is 371 g/mol. The lowest BCUT2D eigenvalue weighted by molar-refractivity contribution is -0.384. The average Bonchev–Trinajstić information content (AvgIpc) is 2.63. The van der Waals surface area contributed by atoms with E-state index in [4.69, 9.17) is 4.74 Å². The van der Waals surface area contributed by atoms with E-state index in [1.807, 2.05) is 26.0 Å². The second-order valence-corrected chi connectivity index (χ2v) is 6.10. The number of ether oxygens (including phenoxy) is 1. The number of carbonyl (C=O) groups is 2. The molecule has 0 aromatic heterocycles. The van der Waals surface area contributed by atoms with Crippen LogP contribution in [0.15, 0.2) is 42.5 Å². The Morgan fingerprint density at radius 2 is 1.78 bits per heavy atom. The highest BCUT2D eigenvalue weighted by Gasteiger charge is 2.17. The fourth-order valence-electron chi connectivity index (χ4n) is 2.29. The van der Waals surface area contributed by atoms with E-state index in [1.165, 1.54) is 24.3 Å². The van der Waals surface area contributed by atoms with Gasteiger partial charge in [-0.05, 0) is 43.5 Å². The topological polar surface area (TPSA) is 111 Å². The Bertz CT molecular complexity index is 849. The van der Waals surface area contributed by atoms with Gasteiger partial charge < -0.3 is 4.74 Å². The van der Waals surface area contributed by atoms with Crippen LogP contribution in [0.5, 0.6) is 5.75 Å². The zero-order chi connectivity index (χ0) is 20.0. The van der Waals surface area contributed by atoms with Gasteiger partial charge in [0.05, 0.1) is 11.3 Å². The number of hydrogen-bond acceptors (Lipinski definition) is 5. The number of rotatable bonds is 6. The maximum atomic E-state index is 12.1. The van der Waals surface area contributed by atoms with Crippen molar-refractivity contribution in [1.82, 2.24) is 10.9 Å². The molecule has 2 aromatic carbocycles. The van der Waals surface area contributed by atoms with E-state index < -0.39 is 22.8 Å². The van der Waals surface area contributed by atoms with Crippen LogP contribution in [0.1, 0.15) is 23.6 Å². The number of carbonyl (C=O) groups excluding carboxylic acids is 2. The molecule has 0 spiro atoms. The van der Waals surface area contributed by atoms with Crippen LogP contribution < -0.4 is 15.6 Å². The van der Waals surface area contributed by atoms with E-state index in [0.29, 0.717) is 11.3 Å². The second kappa shape index (κ2) is 8.79. The Morgan fingerprint density at radius 1 is 1.11 bits per heavy atom. The summed E-state index contributed by atoms with van der Waals surface area (Å²) in [6.45, 7) is 5.44. The fraction of sp³-hybridized carbons (Fsp3) is 0.263. The lowest BCUT2D eigenvalue weighted by Gasteiger charge is -2.17. The Balaban J connectivity index is 1.84. The van der Waals surface area contributed by atoms with Crippen LogP contribution in [0, 0.1) is 24.0 Å². The summed E-state index contributed by atoms with van der Waals surface area (Å²) in [5, 5.41) is 10.6. The quantitative estimate of drug-likeness (QED) is 0.598. The standard InChI is InChI=1S/C19H21N3O5/c1-12-5-4-6-17(13(12)2)27-14(3)19(24)21-20-18(23)11-15-7-9-16(10-8-15)22(25)26/h4-10,14H,11H2,1-3H3,(H,20,23)(H,21,24). The molecular weight excluding hydrogens is 350 g/mol. The summed E-state index contributed by atoms with van der Waals surface area (Å²) in [5.74, 6) is -0.334. The minimum Gasteiger partial charge on any atom is -0.481 e. The highest BCUT2D eigenvalue weighted by Crippen LogP contribution is 2.21. The van der Waals surface area contributed by atoms with E-state index in [0.717, 1.165) is 11.1 Å². The molecule has 8 nitrogen and oxygen atoms in total. The third-order valence-corrected chi connectivity index (χ3v) is 4.06. The predicted molar refractivity (Wildman–Crippen MR) is 99.1 cm³/mol. The fourth-order valence-corrected chi connectivity index (χ4v) is 2.29. The lowest BCUT2D eigenvalue weighted by Crippen LogP contribution is -2.47. The molecule has 2 rings (SSSR count). The maximum absolute atomic E-state index is 12.1. The van der Waals surface area contributed by atoms with E-state index >= 15 is 0 Å². The molecule has 142 valence electrons. The van der Waals surface area contributed by atoms with Crippen molar-refractivity contribution in [1.29, 1.82) is 0 Å². The van der Waals surface area contributed by atoms with E-state index in [9.17, 15) is 19.7 Å². The summed E-state index contributed by atoms with van der Waals surface area (Å²) in [6, 6.07) is 11.2. The normalized spacial score (nSPS) is 11.4. The van der Waals surface area contributed by atoms with Crippen LogP contribution in [0.25, 0.3) is 0 Å². The van der Waals surface area contributed by atoms with Gasteiger partial charge in [0.25, 0.3) is 11.6 Å². The number of hydrazine groups is 1. The number of nitro benzene ring substituents is 1. The number of non-ortho nitro benzene ring substituents is 1. The van der Waals surface area contributed by atoms with Gasteiger partial charge in [-0.1, -0.05) is 24.3 Å². The number of nitro groups is 1. The summed E-state index contributed by atoms with van der Waals surface area (Å²) in [4.78, 5) is 34.1. The van der Waals surface area contributed by atoms with Crippen LogP contribution in [0.3, 0.4) is 0 Å². The number of amides is 2. The summed E-state index contributed by atoms with van der Waals surface area (Å²) in [6.07, 6.45) is -0.824. The molecule has 1 atom stereocenters. The van der Waals surface area contributed by atoms with Crippen molar-refractivity contribution in [3.8, 4) is 5.75 Å². The van der Waals surface area contributed by atoms with Gasteiger partial charge in [0.1, 0.15) is 5.75 Å². The van der Waals surface area contributed by atoms with Gasteiger partial charge in [0.2, 0.25) is 5.91 Å². The Hall–Kier alpha value is -3.42. The molecule has 8 heteroatoms. The minimum atomic E-state index is -0.801. The first kappa shape index (κ1) is 19.9. The molecule has 0 aliphatic heterocycles. The minimum absolute atomic E-state index is 0.0233. The molecule has 2 aromatic rings. The van der Waals surface area contributed by atoms with Gasteiger partial charge >= 0.3 is 0 Å². The zero-order valence-electron chi connectivity index (χ0n) is 15.3. The van der Waals surface area contributed by atoms with Gasteiger partial charge in [0, 0.05) is 12.1 Å². The summed E-state index contributed by atoms with van der Waals surface area (Å²) in [5.41, 5.74) is 7.16. The first-order valence-corrected chi connectivity index (χ1v) is 8.33. The van der Waals surface area contributed by atoms with Crippen LogP contribution in [0.4, 0.5) is 5.69 Å².